The molecule has 7 rings (SSSR count). The number of carbonyl (C=O) groups excluding carboxylic acids is 2. The summed E-state index contributed by atoms with van der Waals surface area (Å²) in [4.78, 5) is 46.2. The van der Waals surface area contributed by atoms with Crippen LogP contribution in [0.5, 0.6) is 0 Å². The molecular formula is C34H38Cl2F2N6O2S. The Morgan fingerprint density at radius 1 is 1.11 bits per heavy atom. The molecule has 250 valence electrons. The van der Waals surface area contributed by atoms with Crippen LogP contribution >= 0.6 is 35.0 Å². The van der Waals surface area contributed by atoms with E-state index in [9.17, 15) is 14.0 Å². The zero-order valence-corrected chi connectivity index (χ0v) is 29.3. The van der Waals surface area contributed by atoms with Gasteiger partial charge in [0.1, 0.15) is 33.6 Å². The van der Waals surface area contributed by atoms with Crippen molar-refractivity contribution in [1.82, 2.24) is 24.6 Å². The Morgan fingerprint density at radius 3 is 2.49 bits per heavy atom. The van der Waals surface area contributed by atoms with E-state index >= 15 is 4.39 Å². The number of piperazine rings is 1. The lowest BCUT2D eigenvalue weighted by atomic mass is 9.81. The summed E-state index contributed by atoms with van der Waals surface area (Å²) in [6.07, 6.45) is 2.40. The first kappa shape index (κ1) is 32.8. The molecule has 0 radical (unpaired) electrons. The average Bonchev–Trinajstić information content (AvgIpc) is 3.41. The highest BCUT2D eigenvalue weighted by Crippen LogP contribution is 2.56. The second kappa shape index (κ2) is 11.7. The Hall–Kier alpha value is -2.73. The van der Waals surface area contributed by atoms with Crippen molar-refractivity contribution in [3.8, 4) is 0 Å². The monoisotopic (exact) mass is 702 g/mol. The van der Waals surface area contributed by atoms with Crippen LogP contribution in [0, 0.1) is 11.7 Å². The van der Waals surface area contributed by atoms with Gasteiger partial charge in [-0.1, -0.05) is 49.2 Å². The Kier molecular flexibility index (Phi) is 8.17. The molecule has 1 aromatic heterocycles. The van der Waals surface area contributed by atoms with Gasteiger partial charge < -0.3 is 14.7 Å². The van der Waals surface area contributed by atoms with Crippen molar-refractivity contribution in [3.05, 3.63) is 74.3 Å². The number of hydrogen-bond donors (Lipinski definition) is 0. The second-order valence-electron chi connectivity index (χ2n) is 14.1. The number of allylic oxidation sites excluding steroid dienone is 1. The fraction of sp³-hybridized carbons (Fsp3) is 0.529. The molecule has 1 aromatic carbocycles. The molecule has 2 saturated heterocycles. The molecule has 2 aromatic rings. The smallest absolute Gasteiger partial charge is 0.263 e. The lowest BCUT2D eigenvalue weighted by Gasteiger charge is -2.45. The fourth-order valence-electron chi connectivity index (χ4n) is 7.82. The van der Waals surface area contributed by atoms with Gasteiger partial charge in [0.2, 0.25) is 5.91 Å². The highest BCUT2D eigenvalue weighted by atomic mass is 35.5. The molecule has 5 atom stereocenters. The van der Waals surface area contributed by atoms with Crippen LogP contribution in [0.25, 0.3) is 0 Å². The summed E-state index contributed by atoms with van der Waals surface area (Å²) >= 11 is 13.4. The van der Waals surface area contributed by atoms with Gasteiger partial charge in [-0.25, -0.2) is 18.8 Å². The molecule has 5 aliphatic rings. The maximum absolute atomic E-state index is 15.2. The van der Waals surface area contributed by atoms with Crippen LogP contribution in [-0.2, 0) is 15.1 Å². The molecule has 5 heterocycles. The minimum atomic E-state index is -1.30. The van der Waals surface area contributed by atoms with Crippen LogP contribution in [0.15, 0.2) is 52.1 Å². The van der Waals surface area contributed by atoms with Gasteiger partial charge in [0, 0.05) is 48.5 Å². The summed E-state index contributed by atoms with van der Waals surface area (Å²) < 4.78 is 30.2. The number of aliphatic imine (C=N–C) groups is 1. The number of amides is 2. The topological polar surface area (TPSA) is 72.4 Å². The summed E-state index contributed by atoms with van der Waals surface area (Å²) in [5.74, 6) is -1.29. The number of likely N-dealkylation sites (tertiary alicyclic amines) is 1. The molecule has 47 heavy (non-hydrogen) atoms. The summed E-state index contributed by atoms with van der Waals surface area (Å²) in [5.41, 5.74) is 1.14. The Labute approximate surface area is 288 Å². The maximum atomic E-state index is 15.2. The Bertz CT molecular complexity index is 1700. The normalized spacial score (nSPS) is 30.1. The van der Waals surface area contributed by atoms with Crippen molar-refractivity contribution in [2.24, 2.45) is 10.9 Å². The number of benzene rings is 1. The summed E-state index contributed by atoms with van der Waals surface area (Å²) in [6, 6.07) is 6.75. The number of rotatable bonds is 5. The van der Waals surface area contributed by atoms with Crippen molar-refractivity contribution in [2.45, 2.75) is 82.3 Å². The van der Waals surface area contributed by atoms with E-state index in [1.54, 1.807) is 18.3 Å². The van der Waals surface area contributed by atoms with Crippen molar-refractivity contribution >= 4 is 51.9 Å². The van der Waals surface area contributed by atoms with Gasteiger partial charge in [0.05, 0.1) is 17.6 Å². The molecule has 4 aliphatic heterocycles. The summed E-state index contributed by atoms with van der Waals surface area (Å²) in [5, 5.41) is 0.903. The Morgan fingerprint density at radius 2 is 1.85 bits per heavy atom. The molecule has 1 aliphatic carbocycles. The zero-order valence-electron chi connectivity index (χ0n) is 27.0. The first-order valence-electron chi connectivity index (χ1n) is 16.1. The SMILES string of the molecule is CC(C)C1=C(C(=O)N2C[C@H](F)C[C@H]2C(=O)N2CC3(CC3)N(C)C[C@@H]2C)SC2=N[C@@](C)(c3ccc(Cl)nc3)[C@@H](c3ccc(Cl)c(F)c3)N21. The average molecular weight is 704 g/mol. The van der Waals surface area contributed by atoms with Gasteiger partial charge in [-0.2, -0.15) is 0 Å². The van der Waals surface area contributed by atoms with Crippen molar-refractivity contribution in [2.75, 3.05) is 26.7 Å². The van der Waals surface area contributed by atoms with E-state index in [1.165, 1.54) is 28.8 Å². The molecule has 0 N–H and O–H groups in total. The first-order valence-corrected chi connectivity index (χ1v) is 17.7. The molecule has 13 heteroatoms. The number of likely N-dealkylation sites (N-methyl/N-ethyl adjacent to an activating group) is 1. The van der Waals surface area contributed by atoms with Gasteiger partial charge in [0.15, 0.2) is 5.17 Å². The zero-order chi connectivity index (χ0) is 33.6. The largest absolute Gasteiger partial charge is 0.335 e. The summed E-state index contributed by atoms with van der Waals surface area (Å²) in [7, 11) is 2.10. The molecule has 8 nitrogen and oxygen atoms in total. The van der Waals surface area contributed by atoms with Gasteiger partial charge in [-0.05, 0) is 75.2 Å². The van der Waals surface area contributed by atoms with Gasteiger partial charge in [-0.15, -0.1) is 0 Å². The number of hydrogen-bond acceptors (Lipinski definition) is 7. The summed E-state index contributed by atoms with van der Waals surface area (Å²) in [6.45, 7) is 9.12. The second-order valence-corrected chi connectivity index (χ2v) is 15.8. The standard InChI is InChI=1S/C34H38Cl2F2N6O2S/c1-18(2)27-28(31(46)42-16-22(37)13-25(42)30(45)43-17-34(10-11-34)41(5)15-19(43)3)47-32-40-33(4,21-7-9-26(36)39-14-21)29(44(27)32)20-6-8-23(35)24(38)12-20/h6-9,12,14,18-19,22,25,29H,10-11,13,15-17H2,1-5H3/t19-,22+,25-,29+,33-/m0/s1. The highest BCUT2D eigenvalue weighted by molar-refractivity contribution is 8.18. The molecule has 0 unspecified atom stereocenters. The van der Waals surface area contributed by atoms with E-state index in [-0.39, 0.29) is 47.3 Å². The maximum Gasteiger partial charge on any atom is 0.263 e. The van der Waals surface area contributed by atoms with Crippen LogP contribution in [0.1, 0.15) is 64.1 Å². The van der Waals surface area contributed by atoms with Crippen molar-refractivity contribution in [3.63, 3.8) is 0 Å². The fourth-order valence-corrected chi connectivity index (χ4v) is 9.41. The van der Waals surface area contributed by atoms with Crippen molar-refractivity contribution < 1.29 is 18.4 Å². The van der Waals surface area contributed by atoms with E-state index in [0.29, 0.717) is 33.0 Å². The van der Waals surface area contributed by atoms with Gasteiger partial charge in [-0.3, -0.25) is 14.5 Å². The van der Waals surface area contributed by atoms with Crippen LogP contribution in [-0.4, -0.2) is 92.0 Å². The van der Waals surface area contributed by atoms with E-state index in [1.807, 2.05) is 43.6 Å². The first-order chi connectivity index (χ1) is 22.2. The van der Waals surface area contributed by atoms with Crippen LogP contribution in [0.3, 0.4) is 0 Å². The van der Waals surface area contributed by atoms with Gasteiger partial charge >= 0.3 is 0 Å². The van der Waals surface area contributed by atoms with Crippen molar-refractivity contribution in [1.29, 1.82) is 0 Å². The number of thioether (sulfide) groups is 1. The Balaban J connectivity index is 1.26. The third-order valence-corrected chi connectivity index (χ3v) is 12.2. The number of halogens is 4. The van der Waals surface area contributed by atoms with E-state index in [4.69, 9.17) is 28.2 Å². The molecule has 0 bridgehead atoms. The molecule has 1 spiro atoms. The number of carbonyl (C=O) groups is 2. The number of pyridine rings is 1. The molecule has 2 amide bonds. The molecule has 3 fully saturated rings. The van der Waals surface area contributed by atoms with Crippen LogP contribution in [0.4, 0.5) is 8.78 Å². The number of aromatic nitrogens is 1. The predicted octanol–water partition coefficient (Wildman–Crippen LogP) is 6.40. The molecule has 1 saturated carbocycles. The number of fused-ring (bicyclic) bond motifs is 1. The quantitative estimate of drug-likeness (QED) is 0.336. The third kappa shape index (κ3) is 5.36. The predicted molar refractivity (Wildman–Crippen MR) is 180 cm³/mol. The molecular weight excluding hydrogens is 665 g/mol. The van der Waals surface area contributed by atoms with E-state index in [0.717, 1.165) is 24.9 Å². The minimum Gasteiger partial charge on any atom is -0.335 e. The lowest BCUT2D eigenvalue weighted by Crippen LogP contribution is -2.62. The third-order valence-electron chi connectivity index (χ3n) is 10.6. The lowest BCUT2D eigenvalue weighted by molar-refractivity contribution is -0.146. The number of nitrogens with zero attached hydrogens (tertiary/aromatic N) is 6. The highest BCUT2D eigenvalue weighted by Gasteiger charge is 2.56. The minimum absolute atomic E-state index is 0.00170. The number of alkyl halides is 1. The van der Waals surface area contributed by atoms with Crippen LogP contribution < -0.4 is 0 Å². The van der Waals surface area contributed by atoms with E-state index in [2.05, 4.69) is 16.9 Å². The van der Waals surface area contributed by atoms with Crippen LogP contribution in [0.2, 0.25) is 10.2 Å². The number of amidine groups is 1. The van der Waals surface area contributed by atoms with Gasteiger partial charge in [0.25, 0.3) is 5.91 Å². The van der Waals surface area contributed by atoms with E-state index < -0.39 is 29.6 Å².